The Morgan fingerprint density at radius 3 is 2.92 bits per heavy atom. The highest BCUT2D eigenvalue weighted by molar-refractivity contribution is 5.87. The summed E-state index contributed by atoms with van der Waals surface area (Å²) >= 11 is 0. The number of hydrogen-bond acceptors (Lipinski definition) is 4. The number of rotatable bonds is 2. The molecule has 1 atom stereocenters. The van der Waals surface area contributed by atoms with Gasteiger partial charge < -0.3 is 4.90 Å². The van der Waals surface area contributed by atoms with E-state index >= 15 is 0 Å². The van der Waals surface area contributed by atoms with Gasteiger partial charge in [0.2, 0.25) is 0 Å². The summed E-state index contributed by atoms with van der Waals surface area (Å²) in [6.45, 7) is 6.94. The third-order valence-electron chi connectivity index (χ3n) is 4.18. The fourth-order valence-corrected chi connectivity index (χ4v) is 2.88. The van der Waals surface area contributed by atoms with E-state index in [0.29, 0.717) is 19.5 Å². The van der Waals surface area contributed by atoms with Crippen LogP contribution in [0.3, 0.4) is 0 Å². The minimum absolute atomic E-state index is 0.0586. The molecule has 0 radical (unpaired) electrons. The van der Waals surface area contributed by atoms with Gasteiger partial charge in [0.15, 0.2) is 0 Å². The number of aromatic nitrogens is 4. The standard InChI is InChI=1S/C16H21FN6O/c1-10(2)23-20-15(19-21-23)18-16(24)22-7-6-12-4-5-13(17)8-14(12)11(3)9-22/h4-5,8,10-11H,6-7,9H2,1-3H3,(H,18,20,24). The van der Waals surface area contributed by atoms with Crippen molar-refractivity contribution in [3.8, 4) is 0 Å². The topological polar surface area (TPSA) is 75.9 Å². The lowest BCUT2D eigenvalue weighted by molar-refractivity contribution is 0.211. The molecule has 0 aliphatic carbocycles. The van der Waals surface area contributed by atoms with Gasteiger partial charge >= 0.3 is 6.03 Å². The number of carbonyl (C=O) groups is 1. The van der Waals surface area contributed by atoms with Crippen molar-refractivity contribution in [3.63, 3.8) is 0 Å². The molecule has 0 fully saturated rings. The second-order valence-electron chi connectivity index (χ2n) is 6.40. The number of halogens is 1. The number of tetrazole rings is 1. The maximum Gasteiger partial charge on any atom is 0.324 e. The van der Waals surface area contributed by atoms with E-state index in [-0.39, 0.29) is 29.8 Å². The van der Waals surface area contributed by atoms with Crippen LogP contribution in [0.2, 0.25) is 0 Å². The highest BCUT2D eigenvalue weighted by Crippen LogP contribution is 2.26. The quantitative estimate of drug-likeness (QED) is 0.917. The zero-order chi connectivity index (χ0) is 17.3. The molecule has 7 nitrogen and oxygen atoms in total. The van der Waals surface area contributed by atoms with Gasteiger partial charge in [0.1, 0.15) is 5.82 Å². The molecule has 2 aromatic rings. The van der Waals surface area contributed by atoms with Gasteiger partial charge in [-0.05, 0) is 54.7 Å². The predicted molar refractivity (Wildman–Crippen MR) is 87.3 cm³/mol. The van der Waals surface area contributed by atoms with Gasteiger partial charge in [-0.25, -0.2) is 9.18 Å². The molecule has 0 spiro atoms. The first kappa shape index (κ1) is 16.4. The van der Waals surface area contributed by atoms with E-state index in [2.05, 4.69) is 20.7 Å². The van der Waals surface area contributed by atoms with Crippen molar-refractivity contribution < 1.29 is 9.18 Å². The lowest BCUT2D eigenvalue weighted by atomic mass is 9.95. The molecule has 1 N–H and O–H groups in total. The smallest absolute Gasteiger partial charge is 0.324 e. The van der Waals surface area contributed by atoms with Crippen LogP contribution in [-0.4, -0.2) is 44.2 Å². The molecule has 24 heavy (non-hydrogen) atoms. The normalized spacial score (nSPS) is 17.5. The number of nitrogens with one attached hydrogen (secondary N) is 1. The SMILES string of the molecule is CC1CN(C(=O)Nc2nnn(C(C)C)n2)CCc2ccc(F)cc21. The summed E-state index contributed by atoms with van der Waals surface area (Å²) in [7, 11) is 0. The number of carbonyl (C=O) groups excluding carboxylic acids is 1. The second-order valence-corrected chi connectivity index (χ2v) is 6.40. The van der Waals surface area contributed by atoms with Crippen LogP contribution >= 0.6 is 0 Å². The summed E-state index contributed by atoms with van der Waals surface area (Å²) in [5.41, 5.74) is 2.05. The van der Waals surface area contributed by atoms with Gasteiger partial charge in [-0.15, -0.1) is 5.10 Å². The van der Waals surface area contributed by atoms with Gasteiger partial charge in [0.05, 0.1) is 6.04 Å². The largest absolute Gasteiger partial charge is 0.324 e. The average Bonchev–Trinajstić information content (AvgIpc) is 2.94. The van der Waals surface area contributed by atoms with Gasteiger partial charge in [0, 0.05) is 13.1 Å². The summed E-state index contributed by atoms with van der Waals surface area (Å²) in [5.74, 6) is 0.00501. The van der Waals surface area contributed by atoms with Crippen LogP contribution in [0, 0.1) is 5.82 Å². The fraction of sp³-hybridized carbons (Fsp3) is 0.500. The molecule has 3 rings (SSSR count). The number of amides is 2. The van der Waals surface area contributed by atoms with Crippen molar-refractivity contribution in [1.82, 2.24) is 25.1 Å². The van der Waals surface area contributed by atoms with E-state index in [0.717, 1.165) is 11.1 Å². The molecular weight excluding hydrogens is 311 g/mol. The predicted octanol–water partition coefficient (Wildman–Crippen LogP) is 2.59. The highest BCUT2D eigenvalue weighted by atomic mass is 19.1. The van der Waals surface area contributed by atoms with Crippen molar-refractivity contribution in [2.45, 2.75) is 39.2 Å². The lowest BCUT2D eigenvalue weighted by Crippen LogP contribution is -2.37. The van der Waals surface area contributed by atoms with Gasteiger partial charge in [-0.3, -0.25) is 5.32 Å². The zero-order valence-corrected chi connectivity index (χ0v) is 14.0. The molecule has 1 aromatic carbocycles. The van der Waals surface area contributed by atoms with Gasteiger partial charge in [-0.1, -0.05) is 18.1 Å². The maximum absolute atomic E-state index is 13.5. The Morgan fingerprint density at radius 2 is 2.21 bits per heavy atom. The molecule has 1 aliphatic rings. The molecule has 0 saturated carbocycles. The first-order chi connectivity index (χ1) is 11.4. The molecule has 0 saturated heterocycles. The molecule has 128 valence electrons. The Hall–Kier alpha value is -2.51. The van der Waals surface area contributed by atoms with Crippen LogP contribution in [0.5, 0.6) is 0 Å². The van der Waals surface area contributed by atoms with Crippen molar-refractivity contribution in [3.05, 3.63) is 35.1 Å². The van der Waals surface area contributed by atoms with Crippen LogP contribution in [0.1, 0.15) is 43.9 Å². The fourth-order valence-electron chi connectivity index (χ4n) is 2.88. The molecule has 1 aromatic heterocycles. The number of fused-ring (bicyclic) bond motifs is 1. The molecule has 2 amide bonds. The molecule has 0 bridgehead atoms. The van der Waals surface area contributed by atoms with Crippen LogP contribution in [0.4, 0.5) is 15.1 Å². The van der Waals surface area contributed by atoms with Crippen LogP contribution in [0.25, 0.3) is 0 Å². The van der Waals surface area contributed by atoms with Crippen molar-refractivity contribution in [1.29, 1.82) is 0 Å². The number of hydrogen-bond donors (Lipinski definition) is 1. The minimum atomic E-state index is -0.265. The van der Waals surface area contributed by atoms with Crippen LogP contribution in [0.15, 0.2) is 18.2 Å². The minimum Gasteiger partial charge on any atom is -0.324 e. The third-order valence-corrected chi connectivity index (χ3v) is 4.18. The third kappa shape index (κ3) is 3.37. The number of anilines is 1. The Morgan fingerprint density at radius 1 is 1.42 bits per heavy atom. The van der Waals surface area contributed by atoms with Crippen molar-refractivity contribution in [2.75, 3.05) is 18.4 Å². The summed E-state index contributed by atoms with van der Waals surface area (Å²) in [4.78, 5) is 15.6. The van der Waals surface area contributed by atoms with Crippen molar-refractivity contribution >= 4 is 12.0 Å². The Kier molecular flexibility index (Phi) is 4.46. The second kappa shape index (κ2) is 6.54. The van der Waals surface area contributed by atoms with Crippen LogP contribution in [-0.2, 0) is 6.42 Å². The average molecular weight is 332 g/mol. The Balaban J connectivity index is 1.70. The molecule has 8 heteroatoms. The van der Waals surface area contributed by atoms with Crippen molar-refractivity contribution in [2.24, 2.45) is 0 Å². The van der Waals surface area contributed by atoms with Gasteiger partial charge in [0.25, 0.3) is 5.95 Å². The summed E-state index contributed by atoms with van der Waals surface area (Å²) in [6.07, 6.45) is 0.694. The first-order valence-corrected chi connectivity index (χ1v) is 8.08. The van der Waals surface area contributed by atoms with E-state index in [1.54, 1.807) is 17.0 Å². The monoisotopic (exact) mass is 332 g/mol. The Labute approximate surface area is 139 Å². The summed E-state index contributed by atoms with van der Waals surface area (Å²) in [5, 5.41) is 14.5. The highest BCUT2D eigenvalue weighted by Gasteiger charge is 2.24. The van der Waals surface area contributed by atoms with E-state index in [1.165, 1.54) is 10.9 Å². The Bertz CT molecular complexity index is 744. The molecule has 2 heterocycles. The number of nitrogens with zero attached hydrogens (tertiary/aromatic N) is 5. The lowest BCUT2D eigenvalue weighted by Gasteiger charge is -2.22. The van der Waals surface area contributed by atoms with Crippen LogP contribution < -0.4 is 5.32 Å². The van der Waals surface area contributed by atoms with Gasteiger partial charge in [-0.2, -0.15) is 4.80 Å². The summed E-state index contributed by atoms with van der Waals surface area (Å²) < 4.78 is 13.5. The summed E-state index contributed by atoms with van der Waals surface area (Å²) in [6, 6.07) is 4.65. The van der Waals surface area contributed by atoms with E-state index in [9.17, 15) is 9.18 Å². The first-order valence-electron chi connectivity index (χ1n) is 8.08. The van der Waals surface area contributed by atoms with E-state index < -0.39 is 0 Å². The molecule has 1 aliphatic heterocycles. The number of benzene rings is 1. The maximum atomic E-state index is 13.5. The van der Waals surface area contributed by atoms with E-state index in [4.69, 9.17) is 0 Å². The molecular formula is C16H21FN6O. The van der Waals surface area contributed by atoms with E-state index in [1.807, 2.05) is 20.8 Å². The number of urea groups is 1. The molecule has 1 unspecified atom stereocenters. The zero-order valence-electron chi connectivity index (χ0n) is 14.0.